The summed E-state index contributed by atoms with van der Waals surface area (Å²) in [4.78, 5) is 18.4. The van der Waals surface area contributed by atoms with E-state index in [9.17, 15) is 4.79 Å². The van der Waals surface area contributed by atoms with Crippen molar-refractivity contribution in [3.8, 4) is 11.3 Å². The van der Waals surface area contributed by atoms with Crippen LogP contribution >= 0.6 is 11.3 Å². The van der Waals surface area contributed by atoms with Crippen molar-refractivity contribution in [1.29, 1.82) is 0 Å². The fraction of sp³-hybridized carbons (Fsp3) is 0.182. The van der Waals surface area contributed by atoms with Crippen molar-refractivity contribution in [2.24, 2.45) is 0 Å². The van der Waals surface area contributed by atoms with E-state index >= 15 is 0 Å². The van der Waals surface area contributed by atoms with Crippen molar-refractivity contribution in [2.45, 2.75) is 27.2 Å². The summed E-state index contributed by atoms with van der Waals surface area (Å²) in [6.45, 7) is 6.04. The standard InChI is InChI=1S/C22H20N2O2S/c1-4-15-10-11-18-17(12-15)13(2)20(26-18)21(25)24-22-23-19(14(3)27-22)16-8-6-5-7-9-16/h5-12H,4H2,1-3H3,(H,23,24,25). The fourth-order valence-electron chi connectivity index (χ4n) is 3.17. The van der Waals surface area contributed by atoms with Gasteiger partial charge in [-0.1, -0.05) is 43.3 Å². The number of amides is 1. The van der Waals surface area contributed by atoms with Crippen LogP contribution in [0.1, 0.15) is 33.5 Å². The van der Waals surface area contributed by atoms with Gasteiger partial charge in [-0.3, -0.25) is 10.1 Å². The van der Waals surface area contributed by atoms with Gasteiger partial charge in [-0.15, -0.1) is 11.3 Å². The number of benzene rings is 2. The lowest BCUT2D eigenvalue weighted by Gasteiger charge is -1.99. The SMILES string of the molecule is CCc1ccc2oc(C(=O)Nc3nc(-c4ccccc4)c(C)s3)c(C)c2c1. The van der Waals surface area contributed by atoms with E-state index in [-0.39, 0.29) is 5.91 Å². The molecule has 0 saturated carbocycles. The van der Waals surface area contributed by atoms with Crippen LogP contribution in [0.15, 0.2) is 52.9 Å². The molecular weight excluding hydrogens is 356 g/mol. The molecule has 1 amide bonds. The van der Waals surface area contributed by atoms with Crippen molar-refractivity contribution in [3.05, 3.63) is 70.3 Å². The van der Waals surface area contributed by atoms with Gasteiger partial charge >= 0.3 is 0 Å². The van der Waals surface area contributed by atoms with Crippen LogP contribution in [0.3, 0.4) is 0 Å². The van der Waals surface area contributed by atoms with E-state index in [4.69, 9.17) is 4.42 Å². The first-order valence-corrected chi connectivity index (χ1v) is 9.74. The van der Waals surface area contributed by atoms with Crippen LogP contribution in [0.25, 0.3) is 22.2 Å². The van der Waals surface area contributed by atoms with Crippen molar-refractivity contribution in [1.82, 2.24) is 4.98 Å². The molecule has 0 saturated heterocycles. The molecule has 136 valence electrons. The molecular formula is C22H20N2O2S. The summed E-state index contributed by atoms with van der Waals surface area (Å²) < 4.78 is 5.82. The molecule has 0 radical (unpaired) electrons. The van der Waals surface area contributed by atoms with E-state index in [0.717, 1.165) is 39.1 Å². The van der Waals surface area contributed by atoms with Crippen molar-refractivity contribution in [3.63, 3.8) is 0 Å². The molecule has 0 atom stereocenters. The Hall–Kier alpha value is -2.92. The molecule has 4 nitrogen and oxygen atoms in total. The number of nitrogens with zero attached hydrogens (tertiary/aromatic N) is 1. The van der Waals surface area contributed by atoms with Crippen LogP contribution in [0.2, 0.25) is 0 Å². The Bertz CT molecular complexity index is 1130. The van der Waals surface area contributed by atoms with Crippen LogP contribution in [0, 0.1) is 13.8 Å². The highest BCUT2D eigenvalue weighted by atomic mass is 32.1. The third-order valence-electron chi connectivity index (χ3n) is 4.68. The number of fused-ring (bicyclic) bond motifs is 1. The molecule has 2 aromatic carbocycles. The number of hydrogen-bond donors (Lipinski definition) is 1. The minimum absolute atomic E-state index is 0.268. The van der Waals surface area contributed by atoms with Crippen LogP contribution in [-0.2, 0) is 6.42 Å². The summed E-state index contributed by atoms with van der Waals surface area (Å²) in [5, 5.41) is 4.45. The lowest BCUT2D eigenvalue weighted by Crippen LogP contribution is -2.11. The van der Waals surface area contributed by atoms with E-state index in [2.05, 4.69) is 23.3 Å². The van der Waals surface area contributed by atoms with Crippen molar-refractivity contribution < 1.29 is 9.21 Å². The zero-order chi connectivity index (χ0) is 19.0. The maximum absolute atomic E-state index is 12.8. The monoisotopic (exact) mass is 376 g/mol. The second-order valence-corrected chi connectivity index (χ2v) is 7.69. The Morgan fingerprint density at radius 1 is 1.15 bits per heavy atom. The quantitative estimate of drug-likeness (QED) is 0.476. The molecule has 0 unspecified atom stereocenters. The molecule has 27 heavy (non-hydrogen) atoms. The number of anilines is 1. The van der Waals surface area contributed by atoms with E-state index < -0.39 is 0 Å². The number of carbonyl (C=O) groups excluding carboxylic acids is 1. The lowest BCUT2D eigenvalue weighted by molar-refractivity contribution is 0.0998. The normalized spacial score (nSPS) is 11.1. The molecule has 2 aromatic heterocycles. The van der Waals surface area contributed by atoms with Gasteiger partial charge < -0.3 is 4.42 Å². The second-order valence-electron chi connectivity index (χ2n) is 6.48. The van der Waals surface area contributed by atoms with Crippen LogP contribution in [0.5, 0.6) is 0 Å². The predicted octanol–water partition coefficient (Wildman–Crippen LogP) is 5.99. The van der Waals surface area contributed by atoms with Crippen LogP contribution in [0.4, 0.5) is 5.13 Å². The molecule has 0 aliphatic carbocycles. The Kier molecular flexibility index (Phi) is 4.54. The maximum Gasteiger partial charge on any atom is 0.293 e. The van der Waals surface area contributed by atoms with Gasteiger partial charge in [-0.05, 0) is 38.0 Å². The molecule has 5 heteroatoms. The average molecular weight is 376 g/mol. The molecule has 4 rings (SSSR count). The first-order chi connectivity index (χ1) is 13.1. The van der Waals surface area contributed by atoms with Crippen molar-refractivity contribution >= 4 is 33.3 Å². The van der Waals surface area contributed by atoms with E-state index in [0.29, 0.717) is 10.9 Å². The van der Waals surface area contributed by atoms with Gasteiger partial charge in [-0.2, -0.15) is 0 Å². The third kappa shape index (κ3) is 3.26. The highest BCUT2D eigenvalue weighted by Gasteiger charge is 2.20. The number of thiazole rings is 1. The Balaban J connectivity index is 1.63. The topological polar surface area (TPSA) is 55.1 Å². The molecule has 0 spiro atoms. The smallest absolute Gasteiger partial charge is 0.293 e. The second kappa shape index (κ2) is 7.00. The summed E-state index contributed by atoms with van der Waals surface area (Å²) in [5.41, 5.74) is 4.74. The Morgan fingerprint density at radius 3 is 2.67 bits per heavy atom. The zero-order valence-electron chi connectivity index (χ0n) is 15.5. The Labute approximate surface area is 161 Å². The molecule has 1 N–H and O–H groups in total. The summed E-state index contributed by atoms with van der Waals surface area (Å²) in [6, 6.07) is 16.0. The summed E-state index contributed by atoms with van der Waals surface area (Å²) in [5.74, 6) is 0.0717. The summed E-state index contributed by atoms with van der Waals surface area (Å²) in [7, 11) is 0. The van der Waals surface area contributed by atoms with E-state index in [1.807, 2.05) is 56.3 Å². The summed E-state index contributed by atoms with van der Waals surface area (Å²) >= 11 is 1.47. The molecule has 0 aliphatic heterocycles. The van der Waals surface area contributed by atoms with E-state index in [1.165, 1.54) is 16.9 Å². The summed E-state index contributed by atoms with van der Waals surface area (Å²) in [6.07, 6.45) is 0.947. The number of furan rings is 1. The molecule has 0 bridgehead atoms. The van der Waals surface area contributed by atoms with Gasteiger partial charge in [0, 0.05) is 21.4 Å². The van der Waals surface area contributed by atoms with E-state index in [1.54, 1.807) is 0 Å². The lowest BCUT2D eigenvalue weighted by atomic mass is 10.1. The first-order valence-electron chi connectivity index (χ1n) is 8.93. The Morgan fingerprint density at radius 2 is 1.93 bits per heavy atom. The number of aromatic nitrogens is 1. The fourth-order valence-corrected chi connectivity index (χ4v) is 4.00. The van der Waals surface area contributed by atoms with Gasteiger partial charge in [-0.25, -0.2) is 4.98 Å². The van der Waals surface area contributed by atoms with Gasteiger partial charge in [0.15, 0.2) is 10.9 Å². The highest BCUT2D eigenvalue weighted by molar-refractivity contribution is 7.16. The first kappa shape index (κ1) is 17.5. The minimum atomic E-state index is -0.268. The van der Waals surface area contributed by atoms with Gasteiger partial charge in [0.2, 0.25) is 0 Å². The maximum atomic E-state index is 12.8. The number of rotatable bonds is 4. The number of carbonyl (C=O) groups is 1. The van der Waals surface area contributed by atoms with Crippen LogP contribution < -0.4 is 5.32 Å². The van der Waals surface area contributed by atoms with Gasteiger partial charge in [0.05, 0.1) is 5.69 Å². The zero-order valence-corrected chi connectivity index (χ0v) is 16.3. The number of hydrogen-bond acceptors (Lipinski definition) is 4. The molecule has 0 aliphatic rings. The molecule has 4 aromatic rings. The number of aryl methyl sites for hydroxylation is 3. The van der Waals surface area contributed by atoms with Gasteiger partial charge in [0.1, 0.15) is 5.58 Å². The van der Waals surface area contributed by atoms with Crippen LogP contribution in [-0.4, -0.2) is 10.9 Å². The average Bonchev–Trinajstić information content (AvgIpc) is 3.22. The predicted molar refractivity (Wildman–Crippen MR) is 111 cm³/mol. The highest BCUT2D eigenvalue weighted by Crippen LogP contribution is 2.31. The molecule has 2 heterocycles. The van der Waals surface area contributed by atoms with Crippen molar-refractivity contribution in [2.75, 3.05) is 5.32 Å². The minimum Gasteiger partial charge on any atom is -0.451 e. The third-order valence-corrected chi connectivity index (χ3v) is 5.57. The largest absolute Gasteiger partial charge is 0.451 e. The molecule has 0 fully saturated rings. The van der Waals surface area contributed by atoms with Gasteiger partial charge in [0.25, 0.3) is 5.91 Å². The number of nitrogens with one attached hydrogen (secondary N) is 1.